The molecule has 1 rings (SSSR count). The van der Waals surface area contributed by atoms with E-state index in [9.17, 15) is 13.2 Å². The van der Waals surface area contributed by atoms with E-state index >= 15 is 0 Å². The van der Waals surface area contributed by atoms with Crippen LogP contribution in [-0.2, 0) is 6.18 Å². The summed E-state index contributed by atoms with van der Waals surface area (Å²) in [6.07, 6.45) is -1.58. The summed E-state index contributed by atoms with van der Waals surface area (Å²) in [5.41, 5.74) is 5.13. The maximum absolute atomic E-state index is 12.6. The summed E-state index contributed by atoms with van der Waals surface area (Å²) in [7, 11) is 0. The lowest BCUT2D eigenvalue weighted by atomic mass is 10.2. The van der Waals surface area contributed by atoms with Crippen LogP contribution in [0.5, 0.6) is 0 Å². The third-order valence-corrected chi connectivity index (χ3v) is 2.52. The van der Waals surface area contributed by atoms with E-state index < -0.39 is 11.9 Å². The minimum atomic E-state index is -4.40. The summed E-state index contributed by atoms with van der Waals surface area (Å²) in [4.78, 5) is 5.26. The molecule has 0 aliphatic rings. The van der Waals surface area contributed by atoms with Gasteiger partial charge in [0.25, 0.3) is 0 Å². The normalized spacial score (nSPS) is 11.6. The molecule has 3 nitrogen and oxygen atoms in total. The second-order valence-electron chi connectivity index (χ2n) is 4.03. The van der Waals surface area contributed by atoms with E-state index in [1.807, 2.05) is 11.8 Å². The molecule has 0 atom stereocenters. The fourth-order valence-electron chi connectivity index (χ4n) is 1.69. The van der Waals surface area contributed by atoms with E-state index in [4.69, 9.17) is 5.73 Å². The van der Waals surface area contributed by atoms with Crippen LogP contribution in [0, 0.1) is 0 Å². The molecule has 0 radical (unpaired) electrons. The summed E-state index contributed by atoms with van der Waals surface area (Å²) in [5, 5.41) is 0. The summed E-state index contributed by atoms with van der Waals surface area (Å²) in [6.45, 7) is 3.88. The van der Waals surface area contributed by atoms with Crippen molar-refractivity contribution in [2.24, 2.45) is 5.73 Å². The van der Waals surface area contributed by atoms with Crippen LogP contribution < -0.4 is 10.6 Å². The summed E-state index contributed by atoms with van der Waals surface area (Å²) < 4.78 is 37.7. The summed E-state index contributed by atoms with van der Waals surface area (Å²) >= 11 is 0. The number of aromatic nitrogens is 1. The SMILES string of the molecule is CCCN(CCCN)c1ccnc(C(F)(F)F)c1. The molecule has 0 amide bonds. The van der Waals surface area contributed by atoms with Crippen LogP contribution in [0.4, 0.5) is 18.9 Å². The molecule has 6 heteroatoms. The molecule has 1 aromatic rings. The molecule has 0 aliphatic carbocycles. The Bertz CT molecular complexity index is 366. The van der Waals surface area contributed by atoms with Gasteiger partial charge in [0.2, 0.25) is 0 Å². The van der Waals surface area contributed by atoms with Crippen LogP contribution in [0.3, 0.4) is 0 Å². The maximum atomic E-state index is 12.6. The molecular weight excluding hydrogens is 243 g/mol. The molecule has 0 aliphatic heterocycles. The Morgan fingerprint density at radius 2 is 2.06 bits per heavy atom. The van der Waals surface area contributed by atoms with Gasteiger partial charge in [-0.15, -0.1) is 0 Å². The predicted molar refractivity (Wildman–Crippen MR) is 65.4 cm³/mol. The molecule has 0 spiro atoms. The summed E-state index contributed by atoms with van der Waals surface area (Å²) in [6, 6.07) is 2.69. The fraction of sp³-hybridized carbons (Fsp3) is 0.583. The van der Waals surface area contributed by atoms with Gasteiger partial charge >= 0.3 is 6.18 Å². The van der Waals surface area contributed by atoms with E-state index in [0.29, 0.717) is 25.3 Å². The third-order valence-electron chi connectivity index (χ3n) is 2.52. The van der Waals surface area contributed by atoms with Crippen LogP contribution in [0.25, 0.3) is 0 Å². The number of rotatable bonds is 6. The van der Waals surface area contributed by atoms with Gasteiger partial charge in [-0.3, -0.25) is 4.98 Å². The zero-order valence-electron chi connectivity index (χ0n) is 10.4. The number of pyridine rings is 1. The average Bonchev–Trinajstić information content (AvgIpc) is 2.33. The van der Waals surface area contributed by atoms with E-state index in [2.05, 4.69) is 4.98 Å². The van der Waals surface area contributed by atoms with Crippen molar-refractivity contribution in [1.29, 1.82) is 0 Å². The third kappa shape index (κ3) is 4.18. The molecule has 2 N–H and O–H groups in total. The van der Waals surface area contributed by atoms with Crippen LogP contribution in [0.2, 0.25) is 0 Å². The lowest BCUT2D eigenvalue weighted by Crippen LogP contribution is -2.27. The lowest BCUT2D eigenvalue weighted by Gasteiger charge is -2.24. The molecule has 0 fully saturated rings. The van der Waals surface area contributed by atoms with E-state index in [1.165, 1.54) is 6.20 Å². The summed E-state index contributed by atoms with van der Waals surface area (Å²) in [5.74, 6) is 0. The van der Waals surface area contributed by atoms with Crippen LogP contribution in [-0.4, -0.2) is 24.6 Å². The number of hydrogen-bond acceptors (Lipinski definition) is 3. The number of halogens is 3. The smallest absolute Gasteiger partial charge is 0.371 e. The van der Waals surface area contributed by atoms with Gasteiger partial charge in [-0.1, -0.05) is 6.92 Å². The fourth-order valence-corrected chi connectivity index (χ4v) is 1.69. The van der Waals surface area contributed by atoms with Crippen molar-refractivity contribution >= 4 is 5.69 Å². The Balaban J connectivity index is 2.90. The van der Waals surface area contributed by atoms with Crippen molar-refractivity contribution in [1.82, 2.24) is 4.98 Å². The molecule has 1 aromatic heterocycles. The van der Waals surface area contributed by atoms with Crippen LogP contribution in [0.15, 0.2) is 18.3 Å². The number of alkyl halides is 3. The quantitative estimate of drug-likeness (QED) is 0.856. The van der Waals surface area contributed by atoms with Crippen molar-refractivity contribution in [2.45, 2.75) is 25.9 Å². The Hall–Kier alpha value is -1.30. The number of nitrogens with two attached hydrogens (primary N) is 1. The van der Waals surface area contributed by atoms with Crippen LogP contribution in [0.1, 0.15) is 25.5 Å². The Kier molecular flexibility index (Phi) is 5.40. The van der Waals surface area contributed by atoms with Gasteiger partial charge in [-0.2, -0.15) is 13.2 Å². The highest BCUT2D eigenvalue weighted by atomic mass is 19.4. The van der Waals surface area contributed by atoms with Gasteiger partial charge in [0.15, 0.2) is 0 Å². The van der Waals surface area contributed by atoms with Crippen molar-refractivity contribution in [2.75, 3.05) is 24.5 Å². The first-order chi connectivity index (χ1) is 8.49. The van der Waals surface area contributed by atoms with Crippen molar-refractivity contribution in [3.8, 4) is 0 Å². The zero-order chi connectivity index (χ0) is 13.6. The first kappa shape index (κ1) is 14.8. The van der Waals surface area contributed by atoms with Crippen molar-refractivity contribution in [3.63, 3.8) is 0 Å². The van der Waals surface area contributed by atoms with E-state index in [0.717, 1.165) is 18.9 Å². The first-order valence-corrected chi connectivity index (χ1v) is 5.97. The number of nitrogens with zero attached hydrogens (tertiary/aromatic N) is 2. The second kappa shape index (κ2) is 6.58. The van der Waals surface area contributed by atoms with Gasteiger partial charge in [0.05, 0.1) is 0 Å². The van der Waals surface area contributed by atoms with E-state index in [1.54, 1.807) is 6.07 Å². The van der Waals surface area contributed by atoms with E-state index in [-0.39, 0.29) is 0 Å². The highest BCUT2D eigenvalue weighted by Gasteiger charge is 2.32. The van der Waals surface area contributed by atoms with Gasteiger partial charge in [-0.25, -0.2) is 0 Å². The second-order valence-corrected chi connectivity index (χ2v) is 4.03. The highest BCUT2D eigenvalue weighted by Crippen LogP contribution is 2.29. The molecule has 18 heavy (non-hydrogen) atoms. The molecule has 0 unspecified atom stereocenters. The average molecular weight is 261 g/mol. The minimum Gasteiger partial charge on any atom is -0.371 e. The van der Waals surface area contributed by atoms with Gasteiger partial charge in [-0.05, 0) is 31.5 Å². The maximum Gasteiger partial charge on any atom is 0.433 e. The lowest BCUT2D eigenvalue weighted by molar-refractivity contribution is -0.141. The molecule has 0 saturated carbocycles. The molecule has 0 saturated heterocycles. The molecule has 1 heterocycles. The Morgan fingerprint density at radius 1 is 1.33 bits per heavy atom. The van der Waals surface area contributed by atoms with Crippen molar-refractivity contribution < 1.29 is 13.2 Å². The number of hydrogen-bond donors (Lipinski definition) is 1. The predicted octanol–water partition coefficient (Wildman–Crippen LogP) is 2.67. The monoisotopic (exact) mass is 261 g/mol. The Labute approximate surface area is 105 Å². The van der Waals surface area contributed by atoms with Gasteiger partial charge in [0, 0.05) is 25.0 Å². The Morgan fingerprint density at radius 3 is 2.61 bits per heavy atom. The molecule has 0 aromatic carbocycles. The zero-order valence-corrected chi connectivity index (χ0v) is 10.4. The van der Waals surface area contributed by atoms with Gasteiger partial charge < -0.3 is 10.6 Å². The number of anilines is 1. The standard InChI is InChI=1S/C12H18F3N3/c1-2-7-18(8-3-5-16)10-4-6-17-11(9-10)12(13,14)15/h4,6,9H,2-3,5,7-8,16H2,1H3. The molecule has 0 bridgehead atoms. The minimum absolute atomic E-state index is 0.525. The van der Waals surface area contributed by atoms with Crippen LogP contribution >= 0.6 is 0 Å². The highest BCUT2D eigenvalue weighted by molar-refractivity contribution is 5.46. The topological polar surface area (TPSA) is 42.1 Å². The molecular formula is C12H18F3N3. The largest absolute Gasteiger partial charge is 0.433 e. The molecule has 102 valence electrons. The first-order valence-electron chi connectivity index (χ1n) is 5.97. The van der Waals surface area contributed by atoms with Crippen molar-refractivity contribution in [3.05, 3.63) is 24.0 Å². The van der Waals surface area contributed by atoms with Gasteiger partial charge in [0.1, 0.15) is 5.69 Å².